The maximum atomic E-state index is 12.9. The van der Waals surface area contributed by atoms with E-state index >= 15 is 0 Å². The van der Waals surface area contributed by atoms with Crippen molar-refractivity contribution in [3.05, 3.63) is 54.1 Å². The van der Waals surface area contributed by atoms with E-state index in [1.807, 2.05) is 13.8 Å². The van der Waals surface area contributed by atoms with Crippen LogP contribution < -0.4 is 14.4 Å². The summed E-state index contributed by atoms with van der Waals surface area (Å²) in [5, 5.41) is 2.84. The molecule has 2 rings (SSSR count). The van der Waals surface area contributed by atoms with Gasteiger partial charge in [0.15, 0.2) is 0 Å². The van der Waals surface area contributed by atoms with Crippen LogP contribution >= 0.6 is 0 Å². The molecule has 26 heavy (non-hydrogen) atoms. The van der Waals surface area contributed by atoms with Crippen LogP contribution in [0.3, 0.4) is 0 Å². The quantitative estimate of drug-likeness (QED) is 0.806. The summed E-state index contributed by atoms with van der Waals surface area (Å²) < 4.78 is 32.1. The molecule has 0 heterocycles. The summed E-state index contributed by atoms with van der Waals surface area (Å²) in [4.78, 5) is 12.3. The zero-order valence-corrected chi connectivity index (χ0v) is 16.2. The molecule has 0 bridgehead atoms. The third-order valence-corrected chi connectivity index (χ3v) is 5.96. The zero-order chi connectivity index (χ0) is 19.3. The summed E-state index contributed by atoms with van der Waals surface area (Å²) in [5.74, 6) is 0.353. The molecule has 1 N–H and O–H groups in total. The molecule has 0 saturated carbocycles. The molecule has 0 fully saturated rings. The molecule has 2 aromatic rings. The Morgan fingerprint density at radius 2 is 1.85 bits per heavy atom. The van der Waals surface area contributed by atoms with Gasteiger partial charge in [0.05, 0.1) is 17.7 Å². The standard InChI is InChI=1S/C19H24N2O4S/c1-5-14(2)20-19(22)15-7-6-8-18(13-15)26(23,24)21(3)16-9-11-17(25-4)12-10-16/h6-14H,5H2,1-4H3,(H,20,22). The van der Waals surface area contributed by atoms with Crippen LogP contribution in [0.5, 0.6) is 5.75 Å². The van der Waals surface area contributed by atoms with Gasteiger partial charge in [0.2, 0.25) is 0 Å². The number of carbonyl (C=O) groups excluding carboxylic acids is 1. The van der Waals surface area contributed by atoms with Crippen molar-refractivity contribution in [3.8, 4) is 5.75 Å². The van der Waals surface area contributed by atoms with Gasteiger partial charge in [-0.05, 0) is 55.8 Å². The number of anilines is 1. The first-order valence-corrected chi connectivity index (χ1v) is 9.77. The molecule has 1 atom stereocenters. The average molecular weight is 376 g/mol. The minimum Gasteiger partial charge on any atom is -0.497 e. The largest absolute Gasteiger partial charge is 0.497 e. The summed E-state index contributed by atoms with van der Waals surface area (Å²) in [7, 11) is -0.767. The lowest BCUT2D eigenvalue weighted by Gasteiger charge is -2.20. The molecule has 0 radical (unpaired) electrons. The van der Waals surface area contributed by atoms with Gasteiger partial charge in [0, 0.05) is 18.7 Å². The van der Waals surface area contributed by atoms with Crippen LogP contribution in [0.25, 0.3) is 0 Å². The van der Waals surface area contributed by atoms with Gasteiger partial charge in [-0.2, -0.15) is 0 Å². The highest BCUT2D eigenvalue weighted by Crippen LogP contribution is 2.24. The van der Waals surface area contributed by atoms with Crippen molar-refractivity contribution < 1.29 is 17.9 Å². The number of nitrogens with zero attached hydrogens (tertiary/aromatic N) is 1. The first-order valence-electron chi connectivity index (χ1n) is 8.33. The first-order chi connectivity index (χ1) is 12.3. The maximum absolute atomic E-state index is 12.9. The normalized spacial score (nSPS) is 12.3. The summed E-state index contributed by atoms with van der Waals surface area (Å²) in [6.45, 7) is 3.87. The van der Waals surface area contributed by atoms with Crippen LogP contribution in [0, 0.1) is 0 Å². The summed E-state index contributed by atoms with van der Waals surface area (Å²) in [6, 6.07) is 12.8. The van der Waals surface area contributed by atoms with E-state index in [-0.39, 0.29) is 16.8 Å². The Kier molecular flexibility index (Phi) is 6.26. The van der Waals surface area contributed by atoms with E-state index in [9.17, 15) is 13.2 Å². The highest BCUT2D eigenvalue weighted by Gasteiger charge is 2.22. The van der Waals surface area contributed by atoms with Crippen molar-refractivity contribution >= 4 is 21.6 Å². The van der Waals surface area contributed by atoms with Crippen LogP contribution in [-0.4, -0.2) is 34.5 Å². The van der Waals surface area contributed by atoms with Gasteiger partial charge in [-0.25, -0.2) is 8.42 Å². The van der Waals surface area contributed by atoms with Gasteiger partial charge in [-0.15, -0.1) is 0 Å². The second-order valence-electron chi connectivity index (χ2n) is 5.98. The van der Waals surface area contributed by atoms with Gasteiger partial charge >= 0.3 is 0 Å². The van der Waals surface area contributed by atoms with Gasteiger partial charge in [-0.3, -0.25) is 9.10 Å². The van der Waals surface area contributed by atoms with Crippen LogP contribution in [-0.2, 0) is 10.0 Å². The van der Waals surface area contributed by atoms with Crippen molar-refractivity contribution in [2.75, 3.05) is 18.5 Å². The van der Waals surface area contributed by atoms with E-state index in [0.29, 0.717) is 17.0 Å². The Hall–Kier alpha value is -2.54. The lowest BCUT2D eigenvalue weighted by Crippen LogP contribution is -2.32. The molecule has 0 saturated heterocycles. The van der Waals surface area contributed by atoms with E-state index in [4.69, 9.17) is 4.74 Å². The molecule has 0 aliphatic rings. The molecule has 1 amide bonds. The number of ether oxygens (including phenoxy) is 1. The van der Waals surface area contributed by atoms with Gasteiger partial charge in [0.1, 0.15) is 5.75 Å². The number of sulfonamides is 1. The van der Waals surface area contributed by atoms with Gasteiger partial charge in [0.25, 0.3) is 15.9 Å². The first kappa shape index (κ1) is 19.8. The highest BCUT2D eigenvalue weighted by atomic mass is 32.2. The number of rotatable bonds is 7. The van der Waals surface area contributed by atoms with Crippen molar-refractivity contribution in [1.29, 1.82) is 0 Å². The molecule has 1 unspecified atom stereocenters. The van der Waals surface area contributed by atoms with Crippen LogP contribution in [0.1, 0.15) is 30.6 Å². The Morgan fingerprint density at radius 3 is 2.42 bits per heavy atom. The maximum Gasteiger partial charge on any atom is 0.264 e. The van der Waals surface area contributed by atoms with E-state index in [1.165, 1.54) is 23.5 Å². The third-order valence-electron chi connectivity index (χ3n) is 4.18. The van der Waals surface area contributed by atoms with Gasteiger partial charge < -0.3 is 10.1 Å². The van der Waals surface area contributed by atoms with E-state index < -0.39 is 10.0 Å². The van der Waals surface area contributed by atoms with Crippen molar-refractivity contribution in [3.63, 3.8) is 0 Å². The fraction of sp³-hybridized carbons (Fsp3) is 0.316. The zero-order valence-electron chi connectivity index (χ0n) is 15.4. The highest BCUT2D eigenvalue weighted by molar-refractivity contribution is 7.92. The second-order valence-corrected chi connectivity index (χ2v) is 7.95. The monoisotopic (exact) mass is 376 g/mol. The number of benzene rings is 2. The topological polar surface area (TPSA) is 75.7 Å². The third kappa shape index (κ3) is 4.35. The Balaban J connectivity index is 2.30. The van der Waals surface area contributed by atoms with Gasteiger partial charge in [-0.1, -0.05) is 13.0 Å². The average Bonchev–Trinajstić information content (AvgIpc) is 2.67. The molecular formula is C19H24N2O4S. The number of amides is 1. The Morgan fingerprint density at radius 1 is 1.19 bits per heavy atom. The van der Waals surface area contributed by atoms with Crippen molar-refractivity contribution in [1.82, 2.24) is 5.32 Å². The summed E-state index contributed by atoms with van der Waals surface area (Å²) in [6.07, 6.45) is 0.796. The summed E-state index contributed by atoms with van der Waals surface area (Å²) >= 11 is 0. The second kappa shape index (κ2) is 8.23. The SMILES string of the molecule is CCC(C)NC(=O)c1cccc(S(=O)(=O)N(C)c2ccc(OC)cc2)c1. The minimum absolute atomic E-state index is 0.0183. The lowest BCUT2D eigenvalue weighted by atomic mass is 10.2. The van der Waals surface area contributed by atoms with Crippen molar-refractivity contribution in [2.24, 2.45) is 0 Å². The smallest absolute Gasteiger partial charge is 0.264 e. The Bertz CT molecular complexity index is 863. The fourth-order valence-electron chi connectivity index (χ4n) is 2.30. The molecule has 0 aliphatic carbocycles. The number of hydrogen-bond donors (Lipinski definition) is 1. The molecular weight excluding hydrogens is 352 g/mol. The number of nitrogens with one attached hydrogen (secondary N) is 1. The van der Waals surface area contributed by atoms with Crippen LogP contribution in [0.4, 0.5) is 5.69 Å². The van der Waals surface area contributed by atoms with Crippen LogP contribution in [0.15, 0.2) is 53.4 Å². The number of methoxy groups -OCH3 is 1. The molecule has 140 valence electrons. The summed E-state index contributed by atoms with van der Waals surface area (Å²) in [5.41, 5.74) is 0.815. The minimum atomic E-state index is -3.79. The predicted octanol–water partition coefficient (Wildman–Crippen LogP) is 3.05. The van der Waals surface area contributed by atoms with E-state index in [0.717, 1.165) is 6.42 Å². The fourth-order valence-corrected chi connectivity index (χ4v) is 3.54. The van der Waals surface area contributed by atoms with Crippen molar-refractivity contribution in [2.45, 2.75) is 31.2 Å². The predicted molar refractivity (Wildman–Crippen MR) is 102 cm³/mol. The van der Waals surface area contributed by atoms with E-state index in [2.05, 4.69) is 5.32 Å². The molecule has 6 nitrogen and oxygen atoms in total. The number of carbonyl (C=O) groups is 1. The molecule has 0 aromatic heterocycles. The molecule has 7 heteroatoms. The number of hydrogen-bond acceptors (Lipinski definition) is 4. The van der Waals surface area contributed by atoms with Crippen LogP contribution in [0.2, 0.25) is 0 Å². The Labute approximate surface area is 154 Å². The molecule has 0 spiro atoms. The molecule has 0 aliphatic heterocycles. The lowest BCUT2D eigenvalue weighted by molar-refractivity contribution is 0.0939. The molecule has 2 aromatic carbocycles. The van der Waals surface area contributed by atoms with E-state index in [1.54, 1.807) is 43.5 Å².